The Morgan fingerprint density at radius 1 is 0.976 bits per heavy atom. The van der Waals surface area contributed by atoms with Crippen LogP contribution in [0.5, 0.6) is 0 Å². The van der Waals surface area contributed by atoms with Crippen LogP contribution in [0.25, 0.3) is 0 Å². The first kappa shape index (κ1) is 30.0. The van der Waals surface area contributed by atoms with Crippen LogP contribution in [-0.2, 0) is 19.3 Å². The van der Waals surface area contributed by atoms with E-state index in [0.29, 0.717) is 22.7 Å². The summed E-state index contributed by atoms with van der Waals surface area (Å²) in [4.78, 5) is 24.5. The van der Waals surface area contributed by atoms with Gasteiger partial charge in [0.15, 0.2) is 0 Å². The largest absolute Gasteiger partial charge is 0.416 e. The summed E-state index contributed by atoms with van der Waals surface area (Å²) in [5.41, 5.74) is 2.17. The van der Waals surface area contributed by atoms with Gasteiger partial charge in [0.05, 0.1) is 27.2 Å². The van der Waals surface area contributed by atoms with Crippen molar-refractivity contribution >= 4 is 27.7 Å². The van der Waals surface area contributed by atoms with Crippen LogP contribution in [0.1, 0.15) is 45.5 Å². The molecule has 0 unspecified atom stereocenters. The molecule has 1 amide bonds. The summed E-state index contributed by atoms with van der Waals surface area (Å²) < 4.78 is 39.0. The predicted molar refractivity (Wildman–Crippen MR) is 158 cm³/mol. The van der Waals surface area contributed by atoms with E-state index in [9.17, 15) is 18.0 Å². The molecule has 11 heteroatoms. The average Bonchev–Trinajstić information content (AvgIpc) is 3.00. The standard InChI is InChI=1S/C31H32BrF3N6O/c32-28-17-25(30(42)38-19-23-5-7-26(8-6-23)31(33,34)35)20-37-29(28)41-15-13-40(14-16-41)27-9-11-39(12-10-27)21-24-3-1-22(18-36)2-4-24/h1-8,17,20,27H,9-16,19,21H2,(H,38,42). The van der Waals surface area contributed by atoms with Crippen LogP contribution in [0.3, 0.4) is 0 Å². The second kappa shape index (κ2) is 13.2. The van der Waals surface area contributed by atoms with E-state index in [1.165, 1.54) is 23.9 Å². The number of aromatic nitrogens is 1. The molecular weight excluding hydrogens is 609 g/mol. The summed E-state index contributed by atoms with van der Waals surface area (Å²) in [6.07, 6.45) is -0.582. The third kappa shape index (κ3) is 7.48. The third-order valence-corrected chi connectivity index (χ3v) is 8.58. The fraction of sp³-hybridized carbons (Fsp3) is 0.387. The molecule has 2 aromatic carbocycles. The Balaban J connectivity index is 1.07. The number of nitriles is 1. The molecular formula is C31H32BrF3N6O. The maximum atomic E-state index is 12.8. The smallest absolute Gasteiger partial charge is 0.353 e. The molecule has 42 heavy (non-hydrogen) atoms. The molecule has 0 radical (unpaired) electrons. The number of piperazine rings is 1. The van der Waals surface area contributed by atoms with Gasteiger partial charge in [-0.05, 0) is 83.3 Å². The fourth-order valence-corrected chi connectivity index (χ4v) is 6.17. The highest BCUT2D eigenvalue weighted by atomic mass is 79.9. The van der Waals surface area contributed by atoms with Crippen LogP contribution in [0, 0.1) is 11.3 Å². The number of nitrogens with one attached hydrogen (secondary N) is 1. The SMILES string of the molecule is N#Cc1ccc(CN2CCC(N3CCN(c4ncc(C(=O)NCc5ccc(C(F)(F)F)cc5)cc4Br)CC3)CC2)cc1. The monoisotopic (exact) mass is 640 g/mol. The van der Waals surface area contributed by atoms with E-state index >= 15 is 0 Å². The average molecular weight is 642 g/mol. The Morgan fingerprint density at radius 2 is 1.62 bits per heavy atom. The van der Waals surface area contributed by atoms with Crippen molar-refractivity contribution in [1.82, 2.24) is 20.1 Å². The number of halogens is 4. The van der Waals surface area contributed by atoms with E-state index in [-0.39, 0.29) is 12.5 Å². The number of hydrogen-bond acceptors (Lipinski definition) is 6. The normalized spacial score (nSPS) is 17.2. The highest BCUT2D eigenvalue weighted by Crippen LogP contribution is 2.30. The van der Waals surface area contributed by atoms with E-state index in [1.54, 1.807) is 6.07 Å². The summed E-state index contributed by atoms with van der Waals surface area (Å²) in [7, 11) is 0. The van der Waals surface area contributed by atoms with Crippen molar-refractivity contribution in [3.63, 3.8) is 0 Å². The van der Waals surface area contributed by atoms with E-state index < -0.39 is 11.7 Å². The number of carbonyl (C=O) groups is 1. The molecule has 2 saturated heterocycles. The van der Waals surface area contributed by atoms with Gasteiger partial charge in [0.25, 0.3) is 5.91 Å². The van der Waals surface area contributed by atoms with Gasteiger partial charge in [-0.25, -0.2) is 4.98 Å². The fourth-order valence-electron chi connectivity index (χ4n) is 5.57. The van der Waals surface area contributed by atoms with Crippen molar-refractivity contribution in [1.29, 1.82) is 5.26 Å². The van der Waals surface area contributed by atoms with E-state index in [1.807, 2.05) is 24.3 Å². The van der Waals surface area contributed by atoms with Gasteiger partial charge in [-0.2, -0.15) is 18.4 Å². The van der Waals surface area contributed by atoms with Gasteiger partial charge < -0.3 is 10.2 Å². The molecule has 0 saturated carbocycles. The Labute approximate surface area is 252 Å². The number of pyridine rings is 1. The maximum absolute atomic E-state index is 12.8. The van der Waals surface area contributed by atoms with Crippen molar-refractivity contribution in [2.45, 2.75) is 38.1 Å². The van der Waals surface area contributed by atoms with E-state index in [2.05, 4.69) is 47.0 Å². The Hall–Kier alpha value is -3.46. The lowest BCUT2D eigenvalue weighted by Gasteiger charge is -2.43. The van der Waals surface area contributed by atoms with Gasteiger partial charge in [-0.1, -0.05) is 24.3 Å². The molecule has 1 aromatic heterocycles. The number of amides is 1. The van der Waals surface area contributed by atoms with Crippen molar-refractivity contribution in [3.05, 3.63) is 93.1 Å². The number of carbonyl (C=O) groups excluding carboxylic acids is 1. The first-order valence-electron chi connectivity index (χ1n) is 14.0. The molecule has 1 N–H and O–H groups in total. The molecule has 3 aromatic rings. The van der Waals surface area contributed by atoms with Crippen LogP contribution in [0.2, 0.25) is 0 Å². The number of piperidine rings is 1. The zero-order valence-corrected chi connectivity index (χ0v) is 24.7. The molecule has 0 bridgehead atoms. The molecule has 5 rings (SSSR count). The van der Waals surface area contributed by atoms with Gasteiger partial charge in [-0.3, -0.25) is 14.6 Å². The quantitative estimate of drug-likeness (QED) is 0.370. The molecule has 220 valence electrons. The number of benzene rings is 2. The third-order valence-electron chi connectivity index (χ3n) is 7.99. The van der Waals surface area contributed by atoms with Crippen LogP contribution in [-0.4, -0.2) is 66.0 Å². The minimum Gasteiger partial charge on any atom is -0.353 e. The maximum Gasteiger partial charge on any atom is 0.416 e. The highest BCUT2D eigenvalue weighted by Gasteiger charge is 2.30. The van der Waals surface area contributed by atoms with Crippen LogP contribution in [0.4, 0.5) is 19.0 Å². The predicted octanol–water partition coefficient (Wildman–Crippen LogP) is 5.45. The Bertz CT molecular complexity index is 1410. The number of anilines is 1. The van der Waals surface area contributed by atoms with Crippen molar-refractivity contribution in [2.24, 2.45) is 0 Å². The van der Waals surface area contributed by atoms with Gasteiger partial charge in [-0.15, -0.1) is 0 Å². The molecule has 0 aliphatic carbocycles. The van der Waals surface area contributed by atoms with Crippen molar-refractivity contribution in [2.75, 3.05) is 44.2 Å². The summed E-state index contributed by atoms with van der Waals surface area (Å²) in [5, 5.41) is 11.7. The number of nitrogens with zero attached hydrogens (tertiary/aromatic N) is 5. The second-order valence-corrected chi connectivity index (χ2v) is 11.6. The lowest BCUT2D eigenvalue weighted by atomic mass is 10.0. The number of alkyl halides is 3. The first-order chi connectivity index (χ1) is 20.2. The van der Waals surface area contributed by atoms with Crippen molar-refractivity contribution in [3.8, 4) is 6.07 Å². The number of hydrogen-bond donors (Lipinski definition) is 1. The minimum absolute atomic E-state index is 0.118. The van der Waals surface area contributed by atoms with Gasteiger partial charge >= 0.3 is 6.18 Å². The lowest BCUT2D eigenvalue weighted by Crippen LogP contribution is -2.53. The Morgan fingerprint density at radius 3 is 2.21 bits per heavy atom. The molecule has 2 aliphatic rings. The molecule has 0 atom stereocenters. The van der Waals surface area contributed by atoms with Crippen molar-refractivity contribution < 1.29 is 18.0 Å². The number of rotatable bonds is 7. The zero-order chi connectivity index (χ0) is 29.7. The van der Waals surface area contributed by atoms with Crippen LogP contribution >= 0.6 is 15.9 Å². The van der Waals surface area contributed by atoms with Crippen LogP contribution in [0.15, 0.2) is 65.3 Å². The van der Waals surface area contributed by atoms with Gasteiger partial charge in [0, 0.05) is 51.5 Å². The van der Waals surface area contributed by atoms with E-state index in [4.69, 9.17) is 5.26 Å². The zero-order valence-electron chi connectivity index (χ0n) is 23.1. The summed E-state index contributed by atoms with van der Waals surface area (Å²) in [5.74, 6) is 0.455. The number of likely N-dealkylation sites (tertiary alicyclic amines) is 1. The summed E-state index contributed by atoms with van der Waals surface area (Å²) in [6.45, 7) is 6.73. The minimum atomic E-state index is -4.39. The molecule has 2 fully saturated rings. The summed E-state index contributed by atoms with van der Waals surface area (Å²) >= 11 is 3.58. The Kier molecular flexibility index (Phi) is 9.46. The first-order valence-corrected chi connectivity index (χ1v) is 14.8. The molecule has 3 heterocycles. The van der Waals surface area contributed by atoms with Gasteiger partial charge in [0.2, 0.25) is 0 Å². The van der Waals surface area contributed by atoms with Crippen LogP contribution < -0.4 is 10.2 Å². The highest BCUT2D eigenvalue weighted by molar-refractivity contribution is 9.10. The topological polar surface area (TPSA) is 75.5 Å². The molecule has 0 spiro atoms. The molecule has 7 nitrogen and oxygen atoms in total. The summed E-state index contributed by atoms with van der Waals surface area (Å²) in [6, 6.07) is 17.1. The van der Waals surface area contributed by atoms with Gasteiger partial charge in [0.1, 0.15) is 5.82 Å². The lowest BCUT2D eigenvalue weighted by molar-refractivity contribution is -0.137. The molecule has 2 aliphatic heterocycles. The van der Waals surface area contributed by atoms with E-state index in [0.717, 1.165) is 81.1 Å². The second-order valence-electron chi connectivity index (χ2n) is 10.7.